The van der Waals surface area contributed by atoms with Crippen LogP contribution in [0.4, 0.5) is 0 Å². The van der Waals surface area contributed by atoms with Gasteiger partial charge in [0.05, 0.1) is 13.2 Å². The number of guanidine groups is 1. The Labute approximate surface area is 131 Å². The first-order chi connectivity index (χ1) is 10.5. The minimum Gasteiger partial charge on any atom is -0.384 e. The number of rotatable bonds is 6. The number of ether oxygens (including phenoxy) is 1. The normalized spacial score (nSPS) is 18.5. The number of quaternary nitrogens is 1. The Balaban J connectivity index is 1.92. The molecule has 22 heavy (non-hydrogen) atoms. The van der Waals surface area contributed by atoms with E-state index in [1.54, 1.807) is 31.4 Å². The van der Waals surface area contributed by atoms with Gasteiger partial charge in [0, 0.05) is 13.5 Å². The van der Waals surface area contributed by atoms with Crippen molar-refractivity contribution in [3.63, 3.8) is 0 Å². The van der Waals surface area contributed by atoms with Crippen LogP contribution in [0.2, 0.25) is 0 Å². The van der Waals surface area contributed by atoms with Crippen LogP contribution in [0.15, 0.2) is 29.2 Å². The Kier molecular flexibility index (Phi) is 5.76. The molecule has 1 aliphatic rings. The van der Waals surface area contributed by atoms with Crippen LogP contribution in [0.5, 0.6) is 0 Å². The van der Waals surface area contributed by atoms with E-state index in [4.69, 9.17) is 4.74 Å². The van der Waals surface area contributed by atoms with Crippen LogP contribution in [-0.4, -0.2) is 48.0 Å². The van der Waals surface area contributed by atoms with E-state index >= 15 is 0 Å². The van der Waals surface area contributed by atoms with Gasteiger partial charge < -0.3 is 4.74 Å². The lowest BCUT2D eigenvalue weighted by Crippen LogP contribution is -3.24. The van der Waals surface area contributed by atoms with E-state index < -0.39 is 10.0 Å². The molecule has 1 aromatic rings. The van der Waals surface area contributed by atoms with Gasteiger partial charge in [-0.25, -0.2) is 10.3 Å². The minimum absolute atomic E-state index is 0.254. The van der Waals surface area contributed by atoms with E-state index in [1.165, 1.54) is 4.90 Å². The fourth-order valence-electron chi connectivity index (χ4n) is 2.18. The Bertz CT molecular complexity index is 613. The SMILES string of the molecule is COCCC[NH+]1CNC(NS(=O)(=O)c2ccc(C)cc2)=[NH+]C1. The van der Waals surface area contributed by atoms with Crippen molar-refractivity contribution in [3.8, 4) is 0 Å². The molecule has 0 spiro atoms. The summed E-state index contributed by atoms with van der Waals surface area (Å²) in [7, 11) is -1.87. The maximum Gasteiger partial charge on any atom is 0.367 e. The summed E-state index contributed by atoms with van der Waals surface area (Å²) in [6, 6.07) is 6.76. The summed E-state index contributed by atoms with van der Waals surface area (Å²) in [4.78, 5) is 4.63. The lowest BCUT2D eigenvalue weighted by atomic mass is 10.2. The third-order valence-electron chi connectivity index (χ3n) is 3.48. The summed E-state index contributed by atoms with van der Waals surface area (Å²) < 4.78 is 32.1. The summed E-state index contributed by atoms with van der Waals surface area (Å²) >= 11 is 0. The van der Waals surface area contributed by atoms with Gasteiger partial charge in [-0.15, -0.1) is 0 Å². The Morgan fingerprint density at radius 1 is 1.36 bits per heavy atom. The van der Waals surface area contributed by atoms with Crippen molar-refractivity contribution in [2.75, 3.05) is 33.6 Å². The van der Waals surface area contributed by atoms with E-state index in [0.717, 1.165) is 25.1 Å². The zero-order valence-electron chi connectivity index (χ0n) is 13.0. The van der Waals surface area contributed by atoms with Gasteiger partial charge in [0.2, 0.25) is 0 Å². The van der Waals surface area contributed by atoms with Crippen LogP contribution in [0.3, 0.4) is 0 Å². The zero-order chi connectivity index (χ0) is 16.0. The van der Waals surface area contributed by atoms with E-state index in [-0.39, 0.29) is 4.90 Å². The molecule has 122 valence electrons. The molecule has 0 fully saturated rings. The number of benzene rings is 1. The summed E-state index contributed by atoms with van der Waals surface area (Å²) in [5.74, 6) is 0.427. The molecule has 7 nitrogen and oxygen atoms in total. The van der Waals surface area contributed by atoms with E-state index in [0.29, 0.717) is 19.3 Å². The van der Waals surface area contributed by atoms with Crippen molar-refractivity contribution in [1.82, 2.24) is 10.0 Å². The van der Waals surface area contributed by atoms with Crippen molar-refractivity contribution in [1.29, 1.82) is 0 Å². The van der Waals surface area contributed by atoms with Crippen LogP contribution in [0.25, 0.3) is 0 Å². The third kappa shape index (κ3) is 4.69. The molecule has 2 rings (SSSR count). The average Bonchev–Trinajstić information content (AvgIpc) is 2.49. The van der Waals surface area contributed by atoms with Crippen molar-refractivity contribution in [2.45, 2.75) is 18.2 Å². The largest absolute Gasteiger partial charge is 0.384 e. The number of hydrogen-bond donors (Lipinski definition) is 4. The quantitative estimate of drug-likeness (QED) is 0.424. The molecule has 0 amide bonds. The van der Waals surface area contributed by atoms with Gasteiger partial charge in [-0.1, -0.05) is 17.7 Å². The number of aryl methyl sites for hydroxylation is 1. The van der Waals surface area contributed by atoms with Gasteiger partial charge in [-0.2, -0.15) is 13.1 Å². The van der Waals surface area contributed by atoms with Crippen molar-refractivity contribution in [2.24, 2.45) is 0 Å². The molecule has 4 N–H and O–H groups in total. The molecule has 0 aromatic heterocycles. The molecule has 1 unspecified atom stereocenters. The second-order valence-corrected chi connectivity index (χ2v) is 7.03. The first-order valence-corrected chi connectivity index (χ1v) is 8.76. The second-order valence-electron chi connectivity index (χ2n) is 5.35. The predicted octanol–water partition coefficient (Wildman–Crippen LogP) is -2.85. The predicted molar refractivity (Wildman–Crippen MR) is 82.7 cm³/mol. The lowest BCUT2D eigenvalue weighted by molar-refractivity contribution is -0.980. The molecule has 0 radical (unpaired) electrons. The summed E-state index contributed by atoms with van der Waals surface area (Å²) in [6.07, 6.45) is 0.972. The molecule has 1 heterocycles. The average molecular weight is 328 g/mol. The topological polar surface area (TPSA) is 85.8 Å². The summed E-state index contributed by atoms with van der Waals surface area (Å²) in [6.45, 7) is 4.96. The Hall–Kier alpha value is -1.64. The first-order valence-electron chi connectivity index (χ1n) is 7.28. The number of sulfonamides is 1. The minimum atomic E-state index is -3.56. The molecular weight excluding hydrogens is 304 g/mol. The maximum atomic E-state index is 12.3. The highest BCUT2D eigenvalue weighted by molar-refractivity contribution is 7.90. The van der Waals surface area contributed by atoms with Crippen molar-refractivity contribution >= 4 is 16.0 Å². The summed E-state index contributed by atoms with van der Waals surface area (Å²) in [5.41, 5.74) is 1.02. The maximum absolute atomic E-state index is 12.3. The van der Waals surface area contributed by atoms with Crippen LogP contribution < -0.4 is 19.9 Å². The molecule has 1 aromatic carbocycles. The molecule has 0 bridgehead atoms. The number of nitrogens with one attached hydrogen (secondary N) is 4. The summed E-state index contributed by atoms with van der Waals surface area (Å²) in [5, 5.41) is 3.07. The number of methoxy groups -OCH3 is 1. The fraction of sp³-hybridized carbons (Fsp3) is 0.500. The first kappa shape index (κ1) is 16.7. The van der Waals surface area contributed by atoms with Gasteiger partial charge in [0.1, 0.15) is 4.90 Å². The molecule has 1 aliphatic heterocycles. The highest BCUT2D eigenvalue weighted by Gasteiger charge is 2.25. The Morgan fingerprint density at radius 2 is 2.09 bits per heavy atom. The Morgan fingerprint density at radius 3 is 2.68 bits per heavy atom. The highest BCUT2D eigenvalue weighted by atomic mass is 32.2. The molecule has 0 saturated heterocycles. The zero-order valence-corrected chi connectivity index (χ0v) is 13.8. The van der Waals surface area contributed by atoms with Crippen LogP contribution in [0, 0.1) is 6.92 Å². The van der Waals surface area contributed by atoms with Gasteiger partial charge in [0.15, 0.2) is 13.3 Å². The highest BCUT2D eigenvalue weighted by Crippen LogP contribution is 2.09. The third-order valence-corrected chi connectivity index (χ3v) is 4.84. The molecule has 0 saturated carbocycles. The van der Waals surface area contributed by atoms with Crippen LogP contribution >= 0.6 is 0 Å². The molecule has 0 aliphatic carbocycles. The standard InChI is InChI=1S/C14H22N4O3S/c1-12-4-6-13(7-5-12)22(19,20)17-14-15-10-18(11-16-14)8-3-9-21-2/h4-7H,3,8-11H2,1-2H3,(H2,15,16,17)/p+2. The molecule has 1 atom stereocenters. The molecule has 8 heteroatoms. The second kappa shape index (κ2) is 7.57. The van der Waals surface area contributed by atoms with Gasteiger partial charge in [-0.3, -0.25) is 4.90 Å². The van der Waals surface area contributed by atoms with Crippen molar-refractivity contribution < 1.29 is 23.0 Å². The number of hydrogen-bond acceptors (Lipinski definition) is 4. The van der Waals surface area contributed by atoms with Crippen LogP contribution in [-0.2, 0) is 14.8 Å². The monoisotopic (exact) mass is 328 g/mol. The fourth-order valence-corrected chi connectivity index (χ4v) is 3.20. The van der Waals surface area contributed by atoms with E-state index in [9.17, 15) is 8.42 Å². The molecular formula is C14H24N4O3S+2. The van der Waals surface area contributed by atoms with Gasteiger partial charge in [0.25, 0.3) is 0 Å². The van der Waals surface area contributed by atoms with Gasteiger partial charge >= 0.3 is 16.0 Å². The van der Waals surface area contributed by atoms with Crippen LogP contribution in [0.1, 0.15) is 12.0 Å². The smallest absolute Gasteiger partial charge is 0.367 e. The van der Waals surface area contributed by atoms with E-state index in [2.05, 4.69) is 15.0 Å². The lowest BCUT2D eigenvalue weighted by Gasteiger charge is -2.20. The van der Waals surface area contributed by atoms with Gasteiger partial charge in [-0.05, 0) is 19.1 Å². The van der Waals surface area contributed by atoms with E-state index in [1.807, 2.05) is 6.92 Å². The van der Waals surface area contributed by atoms with Crippen molar-refractivity contribution in [3.05, 3.63) is 29.8 Å².